The fraction of sp³-hybridized carbons (Fsp3) is 0.455. The second-order valence-corrected chi connectivity index (χ2v) is 7.35. The van der Waals surface area contributed by atoms with E-state index in [9.17, 15) is 4.39 Å². The van der Waals surface area contributed by atoms with Gasteiger partial charge in [0.1, 0.15) is 5.82 Å². The Morgan fingerprint density at radius 2 is 1.54 bits per heavy atom. The summed E-state index contributed by atoms with van der Waals surface area (Å²) >= 11 is 0. The van der Waals surface area contributed by atoms with Crippen molar-refractivity contribution in [3.63, 3.8) is 0 Å². The van der Waals surface area contributed by atoms with Gasteiger partial charge in [0.05, 0.1) is 13.2 Å². The first-order valence-electron chi connectivity index (χ1n) is 9.52. The van der Waals surface area contributed by atoms with Crippen molar-refractivity contribution in [2.75, 3.05) is 26.3 Å². The fourth-order valence-electron chi connectivity index (χ4n) is 4.21. The third-order valence-corrected chi connectivity index (χ3v) is 5.60. The van der Waals surface area contributed by atoms with Crippen LogP contribution in [0.4, 0.5) is 4.39 Å². The Balaban J connectivity index is 1.39. The van der Waals surface area contributed by atoms with Gasteiger partial charge in [-0.2, -0.15) is 0 Å². The zero-order valence-electron chi connectivity index (χ0n) is 15.1. The number of benzene rings is 2. The molecule has 2 fully saturated rings. The predicted molar refractivity (Wildman–Crippen MR) is 99.2 cm³/mol. The van der Waals surface area contributed by atoms with Crippen LogP contribution < -0.4 is 0 Å². The summed E-state index contributed by atoms with van der Waals surface area (Å²) in [6.07, 6.45) is 2.82. The molecule has 2 saturated heterocycles. The van der Waals surface area contributed by atoms with Crippen LogP contribution in [0.1, 0.15) is 24.0 Å². The minimum Gasteiger partial charge on any atom is -0.347 e. The summed E-state index contributed by atoms with van der Waals surface area (Å²) in [5, 5.41) is 0. The second kappa shape index (κ2) is 7.87. The van der Waals surface area contributed by atoms with Gasteiger partial charge in [-0.05, 0) is 49.2 Å². The van der Waals surface area contributed by atoms with Crippen LogP contribution in [0, 0.1) is 11.7 Å². The molecule has 0 aliphatic carbocycles. The molecule has 0 bridgehead atoms. The molecule has 4 heteroatoms. The van der Waals surface area contributed by atoms with Gasteiger partial charge in [0, 0.05) is 18.9 Å². The summed E-state index contributed by atoms with van der Waals surface area (Å²) in [5.74, 6) is -0.371. The number of rotatable bonds is 5. The van der Waals surface area contributed by atoms with Gasteiger partial charge in [-0.25, -0.2) is 4.39 Å². The van der Waals surface area contributed by atoms with Gasteiger partial charge in [0.15, 0.2) is 5.79 Å². The van der Waals surface area contributed by atoms with Crippen molar-refractivity contribution in [2.45, 2.75) is 31.6 Å². The van der Waals surface area contributed by atoms with Crippen LogP contribution in [0.15, 0.2) is 54.6 Å². The minimum atomic E-state index is -0.545. The second-order valence-electron chi connectivity index (χ2n) is 7.35. The van der Waals surface area contributed by atoms with Crippen LogP contribution in [-0.4, -0.2) is 37.0 Å². The maximum Gasteiger partial charge on any atom is 0.175 e. The summed E-state index contributed by atoms with van der Waals surface area (Å²) < 4.78 is 25.5. The average molecular weight is 355 g/mol. The van der Waals surface area contributed by atoms with E-state index in [1.807, 2.05) is 12.1 Å². The molecule has 0 saturated carbocycles. The monoisotopic (exact) mass is 355 g/mol. The summed E-state index contributed by atoms with van der Waals surface area (Å²) in [5.41, 5.74) is 2.43. The van der Waals surface area contributed by atoms with Gasteiger partial charge < -0.3 is 9.47 Å². The van der Waals surface area contributed by atoms with E-state index in [1.54, 1.807) is 0 Å². The zero-order valence-corrected chi connectivity index (χ0v) is 15.1. The van der Waals surface area contributed by atoms with E-state index in [4.69, 9.17) is 9.47 Å². The summed E-state index contributed by atoms with van der Waals surface area (Å²) in [7, 11) is 0. The molecule has 0 atom stereocenters. The molecule has 0 amide bonds. The number of nitrogens with zero attached hydrogens (tertiary/aromatic N) is 1. The molecule has 26 heavy (non-hydrogen) atoms. The molecule has 2 aromatic rings. The van der Waals surface area contributed by atoms with Gasteiger partial charge in [-0.1, -0.05) is 42.5 Å². The maximum absolute atomic E-state index is 13.2. The van der Waals surface area contributed by atoms with Crippen molar-refractivity contribution in [3.8, 4) is 0 Å². The van der Waals surface area contributed by atoms with Crippen LogP contribution >= 0.6 is 0 Å². The normalized spacial score (nSPS) is 21.1. The van der Waals surface area contributed by atoms with Crippen molar-refractivity contribution < 1.29 is 13.9 Å². The molecule has 0 radical (unpaired) electrons. The first-order chi connectivity index (χ1) is 12.7. The van der Waals surface area contributed by atoms with E-state index in [-0.39, 0.29) is 5.82 Å². The third-order valence-electron chi connectivity index (χ3n) is 5.60. The third kappa shape index (κ3) is 3.98. The fourth-order valence-corrected chi connectivity index (χ4v) is 4.21. The van der Waals surface area contributed by atoms with E-state index in [0.717, 1.165) is 38.0 Å². The molecule has 0 aromatic heterocycles. The van der Waals surface area contributed by atoms with E-state index in [0.29, 0.717) is 25.6 Å². The molecule has 2 aliphatic heterocycles. The molecule has 138 valence electrons. The SMILES string of the molecule is Fc1ccc(CC2(C3CCN(Cc4ccccc4)CC3)OCCO2)cc1. The number of hydrogen-bond acceptors (Lipinski definition) is 3. The van der Waals surface area contributed by atoms with Gasteiger partial charge >= 0.3 is 0 Å². The molecular formula is C22H26FNO2. The lowest BCUT2D eigenvalue weighted by Crippen LogP contribution is -2.47. The highest BCUT2D eigenvalue weighted by molar-refractivity contribution is 5.18. The lowest BCUT2D eigenvalue weighted by molar-refractivity contribution is -0.203. The number of piperidine rings is 1. The van der Waals surface area contributed by atoms with E-state index < -0.39 is 5.79 Å². The van der Waals surface area contributed by atoms with Crippen LogP contribution in [0.25, 0.3) is 0 Å². The molecule has 0 N–H and O–H groups in total. The largest absolute Gasteiger partial charge is 0.347 e. The summed E-state index contributed by atoms with van der Waals surface area (Å²) in [6, 6.07) is 17.3. The highest BCUT2D eigenvalue weighted by Gasteiger charge is 2.45. The van der Waals surface area contributed by atoms with Crippen LogP contribution in [0.5, 0.6) is 0 Å². The number of ether oxygens (including phenoxy) is 2. The first kappa shape index (κ1) is 17.7. The van der Waals surface area contributed by atoms with Crippen molar-refractivity contribution in [1.29, 1.82) is 0 Å². The molecule has 2 aliphatic rings. The van der Waals surface area contributed by atoms with Gasteiger partial charge in [-0.3, -0.25) is 4.90 Å². The Hall–Kier alpha value is -1.75. The molecule has 0 spiro atoms. The minimum absolute atomic E-state index is 0.203. The molecule has 2 aromatic carbocycles. The van der Waals surface area contributed by atoms with Crippen LogP contribution in [0.2, 0.25) is 0 Å². The maximum atomic E-state index is 13.2. The Morgan fingerprint density at radius 3 is 2.19 bits per heavy atom. The predicted octanol–water partition coefficient (Wildman–Crippen LogP) is 4.02. The molecule has 0 unspecified atom stereocenters. The number of hydrogen-bond donors (Lipinski definition) is 0. The number of halogens is 1. The van der Waals surface area contributed by atoms with E-state index in [2.05, 4.69) is 35.2 Å². The lowest BCUT2D eigenvalue weighted by Gasteiger charge is -2.41. The Bertz CT molecular complexity index is 690. The highest BCUT2D eigenvalue weighted by atomic mass is 19.1. The standard InChI is InChI=1S/C22H26FNO2/c23-21-8-6-18(7-9-21)16-22(25-14-15-26-22)20-10-12-24(13-11-20)17-19-4-2-1-3-5-19/h1-9,20H,10-17H2. The Morgan fingerprint density at radius 1 is 0.885 bits per heavy atom. The van der Waals surface area contributed by atoms with E-state index >= 15 is 0 Å². The Kier molecular flexibility index (Phi) is 5.34. The van der Waals surface area contributed by atoms with Crippen molar-refractivity contribution in [1.82, 2.24) is 4.90 Å². The smallest absolute Gasteiger partial charge is 0.175 e. The molecule has 4 rings (SSSR count). The first-order valence-corrected chi connectivity index (χ1v) is 9.52. The Labute approximate surface area is 154 Å². The van der Waals surface area contributed by atoms with E-state index in [1.165, 1.54) is 17.7 Å². The lowest BCUT2D eigenvalue weighted by atomic mass is 9.84. The topological polar surface area (TPSA) is 21.7 Å². The quantitative estimate of drug-likeness (QED) is 0.808. The van der Waals surface area contributed by atoms with Crippen LogP contribution in [0.3, 0.4) is 0 Å². The summed E-state index contributed by atoms with van der Waals surface area (Å²) in [6.45, 7) is 4.39. The van der Waals surface area contributed by atoms with Crippen molar-refractivity contribution in [2.24, 2.45) is 5.92 Å². The van der Waals surface area contributed by atoms with Gasteiger partial charge in [0.2, 0.25) is 0 Å². The molecular weight excluding hydrogens is 329 g/mol. The molecule has 2 heterocycles. The molecule has 3 nitrogen and oxygen atoms in total. The highest BCUT2D eigenvalue weighted by Crippen LogP contribution is 2.38. The van der Waals surface area contributed by atoms with Gasteiger partial charge in [-0.15, -0.1) is 0 Å². The van der Waals surface area contributed by atoms with Crippen molar-refractivity contribution in [3.05, 3.63) is 71.5 Å². The zero-order chi connectivity index (χ0) is 17.8. The summed E-state index contributed by atoms with van der Waals surface area (Å²) in [4.78, 5) is 2.51. The van der Waals surface area contributed by atoms with Crippen molar-refractivity contribution >= 4 is 0 Å². The average Bonchev–Trinajstić information content (AvgIpc) is 3.15. The number of likely N-dealkylation sites (tertiary alicyclic amines) is 1. The van der Waals surface area contributed by atoms with Gasteiger partial charge in [0.25, 0.3) is 0 Å². The van der Waals surface area contributed by atoms with Crippen LogP contribution in [-0.2, 0) is 22.4 Å².